The fourth-order valence-corrected chi connectivity index (χ4v) is 1.24. The fourth-order valence-electron chi connectivity index (χ4n) is 1.24. The van der Waals surface area contributed by atoms with Crippen LogP contribution in [0.2, 0.25) is 0 Å². The van der Waals surface area contributed by atoms with Crippen molar-refractivity contribution >= 4 is 5.91 Å². The lowest BCUT2D eigenvalue weighted by Gasteiger charge is -2.13. The molecule has 1 aromatic carbocycles. The third-order valence-electron chi connectivity index (χ3n) is 2.27. The van der Waals surface area contributed by atoms with E-state index in [1.54, 1.807) is 6.92 Å². The van der Waals surface area contributed by atoms with E-state index in [-0.39, 0.29) is 6.54 Å². The molecule has 3 nitrogen and oxygen atoms in total. The summed E-state index contributed by atoms with van der Waals surface area (Å²) in [5, 5.41) is 2.29. The van der Waals surface area contributed by atoms with Crippen molar-refractivity contribution in [2.75, 3.05) is 6.54 Å². The molecule has 0 aromatic heterocycles. The van der Waals surface area contributed by atoms with Crippen molar-refractivity contribution in [2.45, 2.75) is 19.1 Å². The lowest BCUT2D eigenvalue weighted by Crippen LogP contribution is -2.38. The number of rotatable bonds is 3. The van der Waals surface area contributed by atoms with Gasteiger partial charge in [-0.05, 0) is 25.1 Å². The Morgan fingerprint density at radius 1 is 1.44 bits per heavy atom. The highest BCUT2D eigenvalue weighted by Gasteiger charge is 2.32. The van der Waals surface area contributed by atoms with Crippen molar-refractivity contribution in [3.8, 4) is 0 Å². The van der Waals surface area contributed by atoms with Crippen molar-refractivity contribution in [3.05, 3.63) is 35.1 Å². The monoisotopic (exact) mass is 264 g/mol. The first-order chi connectivity index (χ1) is 8.25. The van der Waals surface area contributed by atoms with E-state index in [4.69, 9.17) is 5.73 Å². The van der Waals surface area contributed by atoms with Gasteiger partial charge in [-0.15, -0.1) is 0 Å². The fraction of sp³-hybridized carbons (Fsp3) is 0.364. The molecule has 100 valence electrons. The minimum Gasteiger partial charge on any atom is -0.348 e. The summed E-state index contributed by atoms with van der Waals surface area (Å²) in [5.74, 6) is -1.93. The van der Waals surface area contributed by atoms with Gasteiger partial charge in [0.15, 0.2) is 0 Å². The summed E-state index contributed by atoms with van der Waals surface area (Å²) in [6, 6.07) is 1.23. The van der Waals surface area contributed by atoms with Crippen molar-refractivity contribution in [1.82, 2.24) is 5.32 Å². The summed E-state index contributed by atoms with van der Waals surface area (Å²) in [5.41, 5.74) is 3.52. The molecule has 1 rings (SSSR count). The highest BCUT2D eigenvalue weighted by Crippen LogP contribution is 2.30. The minimum absolute atomic E-state index is 0.103. The molecule has 0 aliphatic rings. The average Bonchev–Trinajstić information content (AvgIpc) is 2.27. The third kappa shape index (κ3) is 3.43. The van der Waals surface area contributed by atoms with E-state index in [1.165, 1.54) is 0 Å². The molecule has 0 fully saturated rings. The number of alkyl halides is 3. The van der Waals surface area contributed by atoms with Crippen molar-refractivity contribution in [2.24, 2.45) is 5.73 Å². The maximum Gasteiger partial charge on any atom is 0.416 e. The number of nitrogens with two attached hydrogens (primary N) is 1. The van der Waals surface area contributed by atoms with E-state index < -0.39 is 35.1 Å². The Hall–Kier alpha value is -1.63. The maximum absolute atomic E-state index is 13.3. The van der Waals surface area contributed by atoms with Gasteiger partial charge in [-0.2, -0.15) is 13.2 Å². The normalized spacial score (nSPS) is 13.2. The Labute approximate surface area is 101 Å². The predicted molar refractivity (Wildman–Crippen MR) is 57.4 cm³/mol. The van der Waals surface area contributed by atoms with Crippen molar-refractivity contribution in [1.29, 1.82) is 0 Å². The molecule has 1 aromatic rings. The van der Waals surface area contributed by atoms with Gasteiger partial charge < -0.3 is 11.1 Å². The number of nitrogens with one attached hydrogen (secondary N) is 1. The second-order valence-corrected chi connectivity index (χ2v) is 3.80. The number of hydrogen-bond donors (Lipinski definition) is 2. The molecule has 0 heterocycles. The number of hydrogen-bond acceptors (Lipinski definition) is 2. The molecule has 7 heteroatoms. The largest absolute Gasteiger partial charge is 0.416 e. The molecule has 0 aliphatic heterocycles. The van der Waals surface area contributed by atoms with Crippen LogP contribution in [0.15, 0.2) is 18.2 Å². The lowest BCUT2D eigenvalue weighted by atomic mass is 10.1. The Kier molecular flexibility index (Phi) is 4.28. The average molecular weight is 264 g/mol. The third-order valence-corrected chi connectivity index (χ3v) is 2.27. The number of halogens is 4. The van der Waals surface area contributed by atoms with Crippen LogP contribution in [0.3, 0.4) is 0 Å². The maximum atomic E-state index is 13.3. The second-order valence-electron chi connectivity index (χ2n) is 3.80. The Morgan fingerprint density at radius 3 is 2.56 bits per heavy atom. The molecule has 18 heavy (non-hydrogen) atoms. The molecule has 1 amide bonds. The van der Waals surface area contributed by atoms with Gasteiger partial charge in [0.2, 0.25) is 0 Å². The van der Waals surface area contributed by atoms with Gasteiger partial charge in [-0.3, -0.25) is 4.79 Å². The first kappa shape index (κ1) is 14.4. The Bertz CT molecular complexity index is 445. The van der Waals surface area contributed by atoms with E-state index in [0.29, 0.717) is 18.2 Å². The van der Waals surface area contributed by atoms with E-state index in [1.807, 2.05) is 0 Å². The second kappa shape index (κ2) is 5.34. The van der Waals surface area contributed by atoms with Crippen LogP contribution >= 0.6 is 0 Å². The molecule has 1 atom stereocenters. The van der Waals surface area contributed by atoms with Gasteiger partial charge >= 0.3 is 6.18 Å². The zero-order valence-corrected chi connectivity index (χ0v) is 9.51. The number of carbonyl (C=O) groups excluding carboxylic acids is 1. The smallest absolute Gasteiger partial charge is 0.348 e. The molecular formula is C11H12F4N2O. The predicted octanol–water partition coefficient (Wildman–Crippen LogP) is 1.92. The van der Waals surface area contributed by atoms with Crippen LogP contribution in [0.5, 0.6) is 0 Å². The highest BCUT2D eigenvalue weighted by molar-refractivity contribution is 5.94. The summed E-state index contributed by atoms with van der Waals surface area (Å²) in [6.45, 7) is 1.66. The lowest BCUT2D eigenvalue weighted by molar-refractivity contribution is -0.137. The quantitative estimate of drug-likeness (QED) is 0.819. The van der Waals surface area contributed by atoms with Gasteiger partial charge in [0.1, 0.15) is 5.82 Å². The molecule has 0 spiro atoms. The number of amides is 1. The van der Waals surface area contributed by atoms with Crippen LogP contribution in [0, 0.1) is 5.82 Å². The zero-order valence-electron chi connectivity index (χ0n) is 9.51. The van der Waals surface area contributed by atoms with Crippen molar-refractivity contribution < 1.29 is 22.4 Å². The number of carbonyl (C=O) groups is 1. The first-order valence-electron chi connectivity index (χ1n) is 5.13. The molecule has 0 unspecified atom stereocenters. The molecule has 3 N–H and O–H groups in total. The van der Waals surface area contributed by atoms with Crippen molar-refractivity contribution in [3.63, 3.8) is 0 Å². The van der Waals surface area contributed by atoms with Gasteiger partial charge in [0, 0.05) is 12.6 Å². The Balaban J connectivity index is 3.04. The SMILES string of the molecule is C[C@@H](CN)NC(=O)c1cc(C(F)(F)F)ccc1F. The van der Waals surface area contributed by atoms with Gasteiger partial charge in [-0.1, -0.05) is 0 Å². The Morgan fingerprint density at radius 2 is 2.06 bits per heavy atom. The van der Waals surface area contributed by atoms with E-state index in [2.05, 4.69) is 5.32 Å². The van der Waals surface area contributed by atoms with Crippen LogP contribution in [0.1, 0.15) is 22.8 Å². The van der Waals surface area contributed by atoms with Crippen LogP contribution in [-0.4, -0.2) is 18.5 Å². The summed E-state index contributed by atoms with van der Waals surface area (Å²) in [6.07, 6.45) is -4.62. The first-order valence-corrected chi connectivity index (χ1v) is 5.13. The van der Waals surface area contributed by atoms with Crippen LogP contribution in [0.4, 0.5) is 17.6 Å². The molecule has 0 radical (unpaired) electrons. The standard InChI is InChI=1S/C11H12F4N2O/c1-6(5-16)17-10(18)8-4-7(11(13,14)15)2-3-9(8)12/h2-4,6H,5,16H2,1H3,(H,17,18)/t6-/m0/s1. The van der Waals surface area contributed by atoms with Crippen LogP contribution in [-0.2, 0) is 6.18 Å². The van der Waals surface area contributed by atoms with Gasteiger partial charge in [0.25, 0.3) is 5.91 Å². The van der Waals surface area contributed by atoms with E-state index in [9.17, 15) is 22.4 Å². The number of benzene rings is 1. The summed E-state index contributed by atoms with van der Waals surface area (Å²) in [7, 11) is 0. The zero-order chi connectivity index (χ0) is 13.9. The van der Waals surface area contributed by atoms with E-state index >= 15 is 0 Å². The molecule has 0 bridgehead atoms. The van der Waals surface area contributed by atoms with Crippen LogP contribution < -0.4 is 11.1 Å². The van der Waals surface area contributed by atoms with E-state index in [0.717, 1.165) is 0 Å². The summed E-state index contributed by atoms with van der Waals surface area (Å²) < 4.78 is 50.6. The highest BCUT2D eigenvalue weighted by atomic mass is 19.4. The minimum atomic E-state index is -4.62. The van der Waals surface area contributed by atoms with Crippen LogP contribution in [0.25, 0.3) is 0 Å². The molecular weight excluding hydrogens is 252 g/mol. The molecule has 0 aliphatic carbocycles. The van der Waals surface area contributed by atoms with Gasteiger partial charge in [-0.25, -0.2) is 4.39 Å². The molecule has 0 saturated carbocycles. The van der Waals surface area contributed by atoms with Gasteiger partial charge in [0.05, 0.1) is 11.1 Å². The molecule has 0 saturated heterocycles. The topological polar surface area (TPSA) is 55.1 Å². The summed E-state index contributed by atoms with van der Waals surface area (Å²) in [4.78, 5) is 11.5. The summed E-state index contributed by atoms with van der Waals surface area (Å²) >= 11 is 0.